The number of likely N-dealkylation sites (tertiary alicyclic amines) is 1. The number of amides is 1. The van der Waals surface area contributed by atoms with E-state index in [2.05, 4.69) is 19.9 Å². The number of carbonyl (C=O) groups is 1. The molecule has 0 aliphatic carbocycles. The highest BCUT2D eigenvalue weighted by Crippen LogP contribution is 2.24. The number of aromatic nitrogens is 3. The minimum Gasteiger partial charge on any atom is -0.444 e. The van der Waals surface area contributed by atoms with Gasteiger partial charge < -0.3 is 15.1 Å². The van der Waals surface area contributed by atoms with Gasteiger partial charge in [-0.1, -0.05) is 6.07 Å². The van der Waals surface area contributed by atoms with Gasteiger partial charge in [-0.15, -0.1) is 11.3 Å². The number of carbonyl (C=O) groups excluding carboxylic acids is 1. The fraction of sp³-hybridized carbons (Fsp3) is 0.368. The quantitative estimate of drug-likeness (QED) is 0.678. The van der Waals surface area contributed by atoms with Crippen molar-refractivity contribution < 1.29 is 9.21 Å². The monoisotopic (exact) mass is 398 g/mol. The highest BCUT2D eigenvalue weighted by atomic mass is 32.1. The minimum absolute atomic E-state index is 0.0714. The van der Waals surface area contributed by atoms with Crippen LogP contribution in [-0.2, 0) is 17.8 Å². The SMILES string of the molecule is CN(Cc1nccc(N)n1)C1CCN(C(=O)Cc2coc(-c3cccs3)n2)C1. The van der Waals surface area contributed by atoms with Crippen LogP contribution < -0.4 is 5.73 Å². The zero-order valence-electron chi connectivity index (χ0n) is 15.6. The van der Waals surface area contributed by atoms with Crippen molar-refractivity contribution in [3.05, 3.63) is 47.6 Å². The largest absolute Gasteiger partial charge is 0.444 e. The Morgan fingerprint density at radius 3 is 3.11 bits per heavy atom. The molecule has 2 N–H and O–H groups in total. The second-order valence-electron chi connectivity index (χ2n) is 6.89. The third-order valence-electron chi connectivity index (χ3n) is 4.87. The summed E-state index contributed by atoms with van der Waals surface area (Å²) in [5.74, 6) is 1.80. The number of nitrogens with two attached hydrogens (primary N) is 1. The second-order valence-corrected chi connectivity index (χ2v) is 7.84. The average molecular weight is 398 g/mol. The molecule has 1 unspecified atom stereocenters. The maximum atomic E-state index is 12.7. The summed E-state index contributed by atoms with van der Waals surface area (Å²) in [6, 6.07) is 5.85. The second kappa shape index (κ2) is 8.07. The van der Waals surface area contributed by atoms with Crippen molar-refractivity contribution >= 4 is 23.1 Å². The van der Waals surface area contributed by atoms with Crippen LogP contribution in [0.5, 0.6) is 0 Å². The van der Waals surface area contributed by atoms with Gasteiger partial charge in [0.05, 0.1) is 23.5 Å². The first-order valence-electron chi connectivity index (χ1n) is 9.12. The van der Waals surface area contributed by atoms with Crippen LogP contribution in [0.2, 0.25) is 0 Å². The molecule has 0 saturated carbocycles. The molecule has 0 spiro atoms. The Balaban J connectivity index is 1.31. The standard InChI is InChI=1S/C19H22N6O2S/c1-24(11-17-21-6-4-16(20)23-17)14-5-7-25(10-14)18(26)9-13-12-27-19(22-13)15-3-2-8-28-15/h2-4,6,8,12,14H,5,7,9-11H2,1H3,(H2,20,21,23). The van der Waals surface area contributed by atoms with E-state index in [1.165, 1.54) is 0 Å². The lowest BCUT2D eigenvalue weighted by atomic mass is 10.2. The molecule has 1 fully saturated rings. The molecule has 9 heteroatoms. The summed E-state index contributed by atoms with van der Waals surface area (Å²) in [6.45, 7) is 2.03. The van der Waals surface area contributed by atoms with Crippen LogP contribution in [-0.4, -0.2) is 56.8 Å². The number of oxazole rings is 1. The molecule has 0 radical (unpaired) electrons. The third kappa shape index (κ3) is 4.20. The van der Waals surface area contributed by atoms with E-state index >= 15 is 0 Å². The summed E-state index contributed by atoms with van der Waals surface area (Å²) in [5, 5.41) is 1.97. The first-order chi connectivity index (χ1) is 13.6. The van der Waals surface area contributed by atoms with Crippen molar-refractivity contribution in [3.8, 4) is 10.8 Å². The van der Waals surface area contributed by atoms with Gasteiger partial charge in [-0.3, -0.25) is 9.69 Å². The summed E-state index contributed by atoms with van der Waals surface area (Å²) in [5.41, 5.74) is 6.39. The molecule has 3 aromatic rings. The number of anilines is 1. The van der Waals surface area contributed by atoms with E-state index in [1.807, 2.05) is 29.5 Å². The van der Waals surface area contributed by atoms with Gasteiger partial charge in [-0.25, -0.2) is 15.0 Å². The lowest BCUT2D eigenvalue weighted by Crippen LogP contribution is -2.37. The summed E-state index contributed by atoms with van der Waals surface area (Å²) in [4.78, 5) is 30.6. The van der Waals surface area contributed by atoms with Crippen molar-refractivity contribution in [1.82, 2.24) is 24.8 Å². The molecule has 1 atom stereocenters. The highest BCUT2D eigenvalue weighted by molar-refractivity contribution is 7.13. The first kappa shape index (κ1) is 18.6. The van der Waals surface area contributed by atoms with Gasteiger partial charge in [0.15, 0.2) is 0 Å². The highest BCUT2D eigenvalue weighted by Gasteiger charge is 2.29. The van der Waals surface area contributed by atoms with E-state index < -0.39 is 0 Å². The summed E-state index contributed by atoms with van der Waals surface area (Å²) in [6.07, 6.45) is 4.41. The van der Waals surface area contributed by atoms with Crippen LogP contribution in [0.25, 0.3) is 10.8 Å². The van der Waals surface area contributed by atoms with E-state index in [0.29, 0.717) is 36.3 Å². The Morgan fingerprint density at radius 2 is 2.32 bits per heavy atom. The number of nitrogens with zero attached hydrogens (tertiary/aromatic N) is 5. The molecular weight excluding hydrogens is 376 g/mol. The molecule has 1 aliphatic heterocycles. The van der Waals surface area contributed by atoms with E-state index in [1.54, 1.807) is 29.9 Å². The normalized spacial score (nSPS) is 16.8. The van der Waals surface area contributed by atoms with Crippen LogP contribution in [0.1, 0.15) is 17.9 Å². The van der Waals surface area contributed by atoms with Crippen molar-refractivity contribution in [2.24, 2.45) is 0 Å². The number of likely N-dealkylation sites (N-methyl/N-ethyl adjacent to an activating group) is 1. The maximum absolute atomic E-state index is 12.7. The van der Waals surface area contributed by atoms with Gasteiger partial charge in [0.2, 0.25) is 11.8 Å². The Hall–Kier alpha value is -2.78. The Labute approximate surface area is 167 Å². The molecule has 4 rings (SSSR count). The van der Waals surface area contributed by atoms with Gasteiger partial charge in [-0.2, -0.15) is 0 Å². The maximum Gasteiger partial charge on any atom is 0.236 e. The van der Waals surface area contributed by atoms with E-state index in [9.17, 15) is 4.79 Å². The molecular formula is C19H22N6O2S. The first-order valence-corrected chi connectivity index (χ1v) is 10.00. The molecule has 0 aromatic carbocycles. The predicted molar refractivity (Wildman–Crippen MR) is 106 cm³/mol. The third-order valence-corrected chi connectivity index (χ3v) is 5.73. The minimum atomic E-state index is 0.0714. The molecule has 8 nitrogen and oxygen atoms in total. The van der Waals surface area contributed by atoms with E-state index in [0.717, 1.165) is 17.8 Å². The smallest absolute Gasteiger partial charge is 0.236 e. The zero-order valence-corrected chi connectivity index (χ0v) is 16.4. The Kier molecular flexibility index (Phi) is 5.36. The number of hydrogen-bond donors (Lipinski definition) is 1. The molecule has 1 amide bonds. The lowest BCUT2D eigenvalue weighted by Gasteiger charge is -2.24. The number of hydrogen-bond acceptors (Lipinski definition) is 8. The Bertz CT molecular complexity index is 942. The fourth-order valence-electron chi connectivity index (χ4n) is 3.34. The molecule has 146 valence electrons. The van der Waals surface area contributed by atoms with Crippen molar-refractivity contribution in [3.63, 3.8) is 0 Å². The lowest BCUT2D eigenvalue weighted by molar-refractivity contribution is -0.129. The number of thiophene rings is 1. The van der Waals surface area contributed by atoms with Gasteiger partial charge >= 0.3 is 0 Å². The average Bonchev–Trinajstić information content (AvgIpc) is 3.42. The van der Waals surface area contributed by atoms with Gasteiger partial charge in [-0.05, 0) is 31.0 Å². The predicted octanol–water partition coefficient (Wildman–Crippen LogP) is 2.05. The number of rotatable bonds is 6. The van der Waals surface area contributed by atoms with E-state index in [-0.39, 0.29) is 18.4 Å². The van der Waals surface area contributed by atoms with Crippen molar-refractivity contribution in [2.75, 3.05) is 25.9 Å². The van der Waals surface area contributed by atoms with Crippen LogP contribution in [0.3, 0.4) is 0 Å². The fourth-order valence-corrected chi connectivity index (χ4v) is 4.00. The Morgan fingerprint density at radius 1 is 1.43 bits per heavy atom. The molecule has 0 bridgehead atoms. The van der Waals surface area contributed by atoms with Gasteiger partial charge in [0, 0.05) is 25.3 Å². The summed E-state index contributed by atoms with van der Waals surface area (Å²) >= 11 is 1.56. The number of nitrogen functional groups attached to an aromatic ring is 1. The molecule has 28 heavy (non-hydrogen) atoms. The molecule has 3 aromatic heterocycles. The summed E-state index contributed by atoms with van der Waals surface area (Å²) in [7, 11) is 2.02. The van der Waals surface area contributed by atoms with Crippen LogP contribution in [0, 0.1) is 0 Å². The van der Waals surface area contributed by atoms with Gasteiger partial charge in [0.1, 0.15) is 17.9 Å². The molecule has 4 heterocycles. The van der Waals surface area contributed by atoms with Crippen molar-refractivity contribution in [2.45, 2.75) is 25.4 Å². The van der Waals surface area contributed by atoms with E-state index in [4.69, 9.17) is 10.2 Å². The van der Waals surface area contributed by atoms with Crippen LogP contribution in [0.4, 0.5) is 5.82 Å². The van der Waals surface area contributed by atoms with Crippen molar-refractivity contribution in [1.29, 1.82) is 0 Å². The van der Waals surface area contributed by atoms with Crippen LogP contribution in [0.15, 0.2) is 40.5 Å². The molecule has 1 saturated heterocycles. The zero-order chi connectivity index (χ0) is 19.5. The van der Waals surface area contributed by atoms with Crippen LogP contribution >= 0.6 is 11.3 Å². The van der Waals surface area contributed by atoms with Gasteiger partial charge in [0.25, 0.3) is 0 Å². The summed E-state index contributed by atoms with van der Waals surface area (Å²) < 4.78 is 5.50. The molecule has 1 aliphatic rings. The topological polar surface area (TPSA) is 101 Å².